The number of hydrogen-bond donors (Lipinski definition) is 2. The van der Waals surface area contributed by atoms with E-state index >= 15 is 0 Å². The van der Waals surface area contributed by atoms with E-state index in [0.29, 0.717) is 12.5 Å². The molecule has 0 spiro atoms. The van der Waals surface area contributed by atoms with Crippen molar-refractivity contribution in [3.63, 3.8) is 0 Å². The van der Waals surface area contributed by atoms with Crippen LogP contribution in [0.3, 0.4) is 0 Å². The number of rotatable bonds is 3. The highest BCUT2D eigenvalue weighted by Gasteiger charge is 2.26. The fraction of sp³-hybridized carbons (Fsp3) is 0.615. The SMILES string of the molecule is Cc1ccc(CNC(=O)C2NCCCC2C)s1. The maximum Gasteiger partial charge on any atom is 0.237 e. The standard InChI is InChI=1S/C13H20N2OS/c1-9-4-3-7-14-12(9)13(16)15-8-11-6-5-10(2)17-11/h5-6,9,12,14H,3-4,7-8H2,1-2H3,(H,15,16). The van der Waals surface area contributed by atoms with E-state index in [-0.39, 0.29) is 11.9 Å². The van der Waals surface area contributed by atoms with Crippen LogP contribution in [-0.4, -0.2) is 18.5 Å². The molecular formula is C13H20N2OS. The summed E-state index contributed by atoms with van der Waals surface area (Å²) in [4.78, 5) is 14.5. The minimum atomic E-state index is -0.00944. The Hall–Kier alpha value is -0.870. The minimum Gasteiger partial charge on any atom is -0.350 e. The number of thiophene rings is 1. The zero-order valence-corrected chi connectivity index (χ0v) is 11.3. The first kappa shape index (κ1) is 12.6. The highest BCUT2D eigenvalue weighted by Crippen LogP contribution is 2.17. The van der Waals surface area contributed by atoms with Crippen LogP contribution in [-0.2, 0) is 11.3 Å². The second-order valence-electron chi connectivity index (χ2n) is 4.78. The second-order valence-corrected chi connectivity index (χ2v) is 6.15. The topological polar surface area (TPSA) is 41.1 Å². The summed E-state index contributed by atoms with van der Waals surface area (Å²) < 4.78 is 0. The van der Waals surface area contributed by atoms with Crippen LogP contribution in [0.25, 0.3) is 0 Å². The summed E-state index contributed by atoms with van der Waals surface area (Å²) in [7, 11) is 0. The predicted octanol–water partition coefficient (Wildman–Crippen LogP) is 2.06. The van der Waals surface area contributed by atoms with Gasteiger partial charge in [-0.1, -0.05) is 6.92 Å². The van der Waals surface area contributed by atoms with Crippen molar-refractivity contribution in [2.45, 2.75) is 39.3 Å². The van der Waals surface area contributed by atoms with Crippen LogP contribution in [0.5, 0.6) is 0 Å². The first-order valence-electron chi connectivity index (χ1n) is 6.23. The Morgan fingerprint density at radius 1 is 1.59 bits per heavy atom. The van der Waals surface area contributed by atoms with E-state index in [9.17, 15) is 4.79 Å². The number of carbonyl (C=O) groups is 1. The first-order chi connectivity index (χ1) is 8.16. The lowest BCUT2D eigenvalue weighted by Crippen LogP contribution is -2.50. The van der Waals surface area contributed by atoms with Crippen molar-refractivity contribution in [2.75, 3.05) is 6.54 Å². The quantitative estimate of drug-likeness (QED) is 0.864. The summed E-state index contributed by atoms with van der Waals surface area (Å²) >= 11 is 1.74. The monoisotopic (exact) mass is 252 g/mol. The van der Waals surface area contributed by atoms with E-state index in [4.69, 9.17) is 0 Å². The molecule has 2 heterocycles. The van der Waals surface area contributed by atoms with Crippen molar-refractivity contribution in [1.29, 1.82) is 0 Å². The van der Waals surface area contributed by atoms with Gasteiger partial charge in [0.05, 0.1) is 12.6 Å². The second kappa shape index (κ2) is 5.65. The molecule has 2 unspecified atom stereocenters. The number of hydrogen-bond acceptors (Lipinski definition) is 3. The van der Waals surface area contributed by atoms with Crippen LogP contribution >= 0.6 is 11.3 Å². The van der Waals surface area contributed by atoms with E-state index < -0.39 is 0 Å². The minimum absolute atomic E-state index is 0.00944. The zero-order valence-electron chi connectivity index (χ0n) is 10.5. The van der Waals surface area contributed by atoms with Gasteiger partial charge in [0.25, 0.3) is 0 Å². The third kappa shape index (κ3) is 3.30. The third-order valence-corrected chi connectivity index (χ3v) is 4.29. The molecule has 4 heteroatoms. The van der Waals surface area contributed by atoms with Gasteiger partial charge in [-0.2, -0.15) is 0 Å². The Balaban J connectivity index is 1.84. The van der Waals surface area contributed by atoms with Crippen molar-refractivity contribution in [1.82, 2.24) is 10.6 Å². The Labute approximate surface area is 107 Å². The van der Waals surface area contributed by atoms with Gasteiger partial charge in [-0.15, -0.1) is 11.3 Å². The Bertz CT molecular complexity index is 389. The molecule has 0 aromatic carbocycles. The summed E-state index contributed by atoms with van der Waals surface area (Å²) in [5, 5.41) is 6.32. The van der Waals surface area contributed by atoms with E-state index in [0.717, 1.165) is 13.0 Å². The van der Waals surface area contributed by atoms with Crippen molar-refractivity contribution in [2.24, 2.45) is 5.92 Å². The van der Waals surface area contributed by atoms with Crippen molar-refractivity contribution >= 4 is 17.2 Å². The van der Waals surface area contributed by atoms with Crippen LogP contribution in [0.2, 0.25) is 0 Å². The molecule has 0 bridgehead atoms. The molecule has 94 valence electrons. The summed E-state index contributed by atoms with van der Waals surface area (Å²) in [5.74, 6) is 0.581. The molecule has 1 aliphatic rings. The van der Waals surface area contributed by atoms with Crippen LogP contribution in [0, 0.1) is 12.8 Å². The molecule has 0 aliphatic carbocycles. The lowest BCUT2D eigenvalue weighted by molar-refractivity contribution is -0.125. The number of carbonyl (C=O) groups excluding carboxylic acids is 1. The molecule has 17 heavy (non-hydrogen) atoms. The number of piperidine rings is 1. The lowest BCUT2D eigenvalue weighted by Gasteiger charge is -2.28. The van der Waals surface area contributed by atoms with E-state index in [1.807, 2.05) is 0 Å². The molecule has 2 atom stereocenters. The van der Waals surface area contributed by atoms with Gasteiger partial charge >= 0.3 is 0 Å². The Kier molecular flexibility index (Phi) is 4.18. The molecule has 1 saturated heterocycles. The largest absolute Gasteiger partial charge is 0.350 e. The van der Waals surface area contributed by atoms with Gasteiger partial charge in [-0.05, 0) is 44.4 Å². The summed E-state index contributed by atoms with van der Waals surface area (Å²) in [5.41, 5.74) is 0. The average Bonchev–Trinajstić information content (AvgIpc) is 2.73. The molecule has 1 aliphatic heterocycles. The molecule has 1 fully saturated rings. The van der Waals surface area contributed by atoms with Gasteiger partial charge in [0.2, 0.25) is 5.91 Å². The summed E-state index contributed by atoms with van der Waals surface area (Å²) in [6.07, 6.45) is 2.32. The van der Waals surface area contributed by atoms with Crippen LogP contribution in [0.15, 0.2) is 12.1 Å². The maximum atomic E-state index is 12.0. The van der Waals surface area contributed by atoms with E-state index in [1.54, 1.807) is 11.3 Å². The molecule has 0 saturated carbocycles. The third-order valence-electron chi connectivity index (χ3n) is 3.28. The summed E-state index contributed by atoms with van der Waals surface area (Å²) in [6, 6.07) is 4.16. The molecule has 2 rings (SSSR count). The maximum absolute atomic E-state index is 12.0. The summed E-state index contributed by atoms with van der Waals surface area (Å²) in [6.45, 7) is 5.84. The van der Waals surface area contributed by atoms with Crippen molar-refractivity contribution in [3.8, 4) is 0 Å². The fourth-order valence-electron chi connectivity index (χ4n) is 2.26. The fourth-order valence-corrected chi connectivity index (χ4v) is 3.09. The van der Waals surface area contributed by atoms with Crippen molar-refractivity contribution < 1.29 is 4.79 Å². The molecule has 3 nitrogen and oxygen atoms in total. The number of aryl methyl sites for hydroxylation is 1. The highest BCUT2D eigenvalue weighted by atomic mass is 32.1. The molecule has 1 aromatic heterocycles. The normalized spacial score (nSPS) is 24.6. The highest BCUT2D eigenvalue weighted by molar-refractivity contribution is 7.11. The van der Waals surface area contributed by atoms with Gasteiger partial charge in [0.1, 0.15) is 0 Å². The van der Waals surface area contributed by atoms with E-state index in [1.165, 1.54) is 16.2 Å². The first-order valence-corrected chi connectivity index (χ1v) is 7.05. The van der Waals surface area contributed by atoms with Gasteiger partial charge in [-0.25, -0.2) is 0 Å². The zero-order chi connectivity index (χ0) is 12.3. The van der Waals surface area contributed by atoms with Gasteiger partial charge in [0.15, 0.2) is 0 Å². The van der Waals surface area contributed by atoms with Gasteiger partial charge in [0, 0.05) is 9.75 Å². The lowest BCUT2D eigenvalue weighted by atomic mass is 9.92. The molecule has 1 amide bonds. The Morgan fingerprint density at radius 3 is 3.06 bits per heavy atom. The van der Waals surface area contributed by atoms with E-state index in [2.05, 4.69) is 36.6 Å². The Morgan fingerprint density at radius 2 is 2.41 bits per heavy atom. The molecule has 0 radical (unpaired) electrons. The van der Waals surface area contributed by atoms with Crippen LogP contribution in [0.1, 0.15) is 29.5 Å². The molecular weight excluding hydrogens is 232 g/mol. The smallest absolute Gasteiger partial charge is 0.237 e. The van der Waals surface area contributed by atoms with Gasteiger partial charge in [-0.3, -0.25) is 4.79 Å². The number of nitrogens with one attached hydrogen (secondary N) is 2. The molecule has 1 aromatic rings. The molecule has 2 N–H and O–H groups in total. The van der Waals surface area contributed by atoms with Gasteiger partial charge < -0.3 is 10.6 Å². The number of amides is 1. The predicted molar refractivity (Wildman–Crippen MR) is 71.1 cm³/mol. The average molecular weight is 252 g/mol. The van der Waals surface area contributed by atoms with Crippen LogP contribution < -0.4 is 10.6 Å². The van der Waals surface area contributed by atoms with Crippen molar-refractivity contribution in [3.05, 3.63) is 21.9 Å². The van der Waals surface area contributed by atoms with Crippen LogP contribution in [0.4, 0.5) is 0 Å².